The first-order valence-electron chi connectivity index (χ1n) is 2.91. The lowest BCUT2D eigenvalue weighted by atomic mass is 10.7. The Morgan fingerprint density at radius 2 is 1.18 bits per heavy atom. The van der Waals surface area contributed by atoms with Crippen LogP contribution in [0.1, 0.15) is 0 Å². The Hall–Kier alpha value is 1.15. The van der Waals surface area contributed by atoms with Gasteiger partial charge in [0.15, 0.2) is 0 Å². The van der Waals surface area contributed by atoms with Gasteiger partial charge in [-0.3, -0.25) is 47.3 Å². The van der Waals surface area contributed by atoms with E-state index in [1.807, 2.05) is 17.5 Å². The number of hydrogen-bond acceptors (Lipinski definition) is 0. The molecule has 0 saturated heterocycles. The van der Waals surface area contributed by atoms with E-state index in [4.69, 9.17) is 0 Å². The fourth-order valence-electron chi connectivity index (χ4n) is 0.582. The van der Waals surface area contributed by atoms with Crippen LogP contribution in [-0.2, 0) is 0 Å². The molecule has 0 nitrogen and oxygen atoms in total. The molecular weight excluding hydrogens is 354 g/mol. The molecule has 0 bridgehead atoms. The summed E-state index contributed by atoms with van der Waals surface area (Å²) in [5.74, 6) is 5.68. The summed E-state index contributed by atoms with van der Waals surface area (Å²) in [7, 11) is -1.52. The molecule has 0 saturated carbocycles. The van der Waals surface area contributed by atoms with Gasteiger partial charge in [0.25, 0.3) is 0 Å². The van der Waals surface area contributed by atoms with Gasteiger partial charge >= 0.3 is 2.34 Å². The minimum Gasteiger partial charge on any atom is -0.272 e. The smallest absolute Gasteiger partial charge is 0.272 e. The predicted molar refractivity (Wildman–Crippen MR) is 70.0 cm³/mol. The first kappa shape index (κ1) is 12.2. The van der Waals surface area contributed by atoms with Crippen molar-refractivity contribution in [3.63, 3.8) is 0 Å². The van der Waals surface area contributed by atoms with Crippen LogP contribution in [-0.4, -0.2) is 2.34 Å². The molecule has 11 heavy (non-hydrogen) atoms. The van der Waals surface area contributed by atoms with E-state index in [-0.39, 0.29) is 0 Å². The molecule has 0 aromatic rings. The maximum atomic E-state index is 3.77. The van der Waals surface area contributed by atoms with Crippen LogP contribution in [0.15, 0.2) is 37.2 Å². The number of hydrogen-bond donors (Lipinski definition) is 0. The molecule has 0 amide bonds. The van der Waals surface area contributed by atoms with Crippen LogP contribution in [0.3, 0.4) is 0 Å². The van der Waals surface area contributed by atoms with E-state index in [2.05, 4.69) is 67.0 Å². The van der Waals surface area contributed by atoms with E-state index < -0.39 is 9.48 Å². The highest BCUT2D eigenvalue weighted by Gasteiger charge is 2.41. The van der Waals surface area contributed by atoms with Crippen LogP contribution in [0.4, 0.5) is 0 Å². The Kier molecular flexibility index (Phi) is 4.87. The molecule has 0 heterocycles. The van der Waals surface area contributed by atoms with Crippen LogP contribution in [0.2, 0.25) is 0 Å². The zero-order valence-electron chi connectivity index (χ0n) is 6.01. The molecule has 0 atom stereocenters. The van der Waals surface area contributed by atoms with Crippen molar-refractivity contribution in [3.05, 3.63) is 37.2 Å². The predicted octanol–water partition coefficient (Wildman–Crippen LogP) is 5.05. The summed E-state index contributed by atoms with van der Waals surface area (Å²) < 4.78 is -0.972. The van der Waals surface area contributed by atoms with Gasteiger partial charge in [0.1, 0.15) is 0 Å². The molecular formula is C6H9BBr3P. The van der Waals surface area contributed by atoms with Crippen LogP contribution in [0.5, 0.6) is 0 Å². The molecule has 0 rings (SSSR count). The second-order valence-corrected chi connectivity index (χ2v) is 15.6. The van der Waals surface area contributed by atoms with Gasteiger partial charge in [-0.15, -0.1) is 0 Å². The topological polar surface area (TPSA) is 0 Å². The quantitative estimate of drug-likeness (QED) is 0.485. The van der Waals surface area contributed by atoms with Gasteiger partial charge in [-0.1, -0.05) is 19.7 Å². The van der Waals surface area contributed by atoms with E-state index in [0.717, 1.165) is 0 Å². The summed E-state index contributed by atoms with van der Waals surface area (Å²) in [6.07, 6.45) is 0. The van der Waals surface area contributed by atoms with Crippen molar-refractivity contribution in [2.45, 2.75) is 0 Å². The summed E-state index contributed by atoms with van der Waals surface area (Å²) in [4.78, 5) is 0. The normalized spacial score (nSPS) is 12.3. The van der Waals surface area contributed by atoms with Gasteiger partial charge < -0.3 is 0 Å². The third kappa shape index (κ3) is 2.55. The standard InChI is InChI=1S/C6H9BBr3P/c1-4-11(5-2,6-3)7(8,9)10/h4-6H,1-3H2. The minimum absolute atomic E-state index is 0.972. The molecule has 0 unspecified atom stereocenters. The average Bonchev–Trinajstić information content (AvgIpc) is 1.90. The van der Waals surface area contributed by atoms with Crippen molar-refractivity contribution >= 4 is 56.7 Å². The summed E-state index contributed by atoms with van der Waals surface area (Å²) >= 11 is 10.5. The molecule has 0 radical (unpaired) electrons. The third-order valence-corrected chi connectivity index (χ3v) is 10.8. The SMILES string of the molecule is C=C[P+](C=C)(C=C)[B-](Br)(Br)Br. The second-order valence-electron chi connectivity index (χ2n) is 1.98. The summed E-state index contributed by atoms with van der Waals surface area (Å²) in [6.45, 7) is 11.3. The van der Waals surface area contributed by atoms with E-state index in [0.29, 0.717) is 0 Å². The number of halogens is 3. The highest BCUT2D eigenvalue weighted by molar-refractivity contribution is 9.77. The van der Waals surface area contributed by atoms with Gasteiger partial charge in [-0.25, -0.2) is 0 Å². The molecule has 0 N–H and O–H groups in total. The summed E-state index contributed by atoms with van der Waals surface area (Å²) in [5.41, 5.74) is 0. The van der Waals surface area contributed by atoms with Crippen molar-refractivity contribution in [1.29, 1.82) is 0 Å². The summed E-state index contributed by atoms with van der Waals surface area (Å²) in [6, 6.07) is 0. The van der Waals surface area contributed by atoms with E-state index in [1.54, 1.807) is 0 Å². The van der Waals surface area contributed by atoms with E-state index in [1.165, 1.54) is 0 Å². The molecule has 0 aliphatic rings. The van der Waals surface area contributed by atoms with Gasteiger partial charge in [-0.2, -0.15) is 0 Å². The van der Waals surface area contributed by atoms with Gasteiger partial charge in [0.2, 0.25) is 0 Å². The molecule has 0 spiro atoms. The highest BCUT2D eigenvalue weighted by Crippen LogP contribution is 2.76. The Balaban J connectivity index is 4.99. The Labute approximate surface area is 93.3 Å². The van der Waals surface area contributed by atoms with Gasteiger partial charge in [0, 0.05) is 17.5 Å². The number of rotatable bonds is 4. The molecule has 0 fully saturated rings. The van der Waals surface area contributed by atoms with Crippen LogP contribution in [0.25, 0.3) is 0 Å². The summed E-state index contributed by atoms with van der Waals surface area (Å²) in [5, 5.41) is 0. The van der Waals surface area contributed by atoms with Gasteiger partial charge in [0.05, 0.1) is 0 Å². The Morgan fingerprint density at radius 3 is 1.18 bits per heavy atom. The molecule has 62 valence electrons. The fourth-order valence-corrected chi connectivity index (χ4v) is 6.26. The minimum atomic E-state index is -1.52. The fraction of sp³-hybridized carbons (Fsp3) is 0. The Bertz CT molecular complexity index is 163. The zero-order chi connectivity index (χ0) is 9.12. The lowest BCUT2D eigenvalue weighted by Crippen LogP contribution is -2.09. The first-order valence-corrected chi connectivity index (χ1v) is 7.72. The van der Waals surface area contributed by atoms with Crippen molar-refractivity contribution < 1.29 is 0 Å². The first-order chi connectivity index (χ1) is 4.93. The van der Waals surface area contributed by atoms with Crippen molar-refractivity contribution in [1.82, 2.24) is 0 Å². The second kappa shape index (κ2) is 4.41. The maximum Gasteiger partial charge on any atom is 0.357 e. The lowest BCUT2D eigenvalue weighted by molar-refractivity contribution is 2.37. The molecule has 0 aromatic heterocycles. The van der Waals surface area contributed by atoms with Crippen molar-refractivity contribution in [2.24, 2.45) is 0 Å². The monoisotopic (exact) mass is 360 g/mol. The van der Waals surface area contributed by atoms with Crippen LogP contribution in [0, 0.1) is 0 Å². The van der Waals surface area contributed by atoms with Crippen molar-refractivity contribution in [3.8, 4) is 0 Å². The van der Waals surface area contributed by atoms with E-state index in [9.17, 15) is 0 Å². The molecule has 0 aliphatic heterocycles. The third-order valence-electron chi connectivity index (χ3n) is 1.46. The highest BCUT2D eigenvalue weighted by atomic mass is 79.9. The molecule has 0 aliphatic carbocycles. The van der Waals surface area contributed by atoms with Crippen LogP contribution >= 0.6 is 54.4 Å². The zero-order valence-corrected chi connectivity index (χ0v) is 11.7. The average molecular weight is 363 g/mol. The van der Waals surface area contributed by atoms with Crippen molar-refractivity contribution in [2.75, 3.05) is 0 Å². The molecule has 0 aromatic carbocycles. The Morgan fingerprint density at radius 1 is 0.909 bits per heavy atom. The lowest BCUT2D eigenvalue weighted by Gasteiger charge is -2.31. The maximum absolute atomic E-state index is 3.77. The molecule has 5 heteroatoms. The largest absolute Gasteiger partial charge is 0.357 e. The van der Waals surface area contributed by atoms with Crippen LogP contribution < -0.4 is 0 Å². The van der Waals surface area contributed by atoms with E-state index >= 15 is 0 Å². The van der Waals surface area contributed by atoms with Gasteiger partial charge in [-0.05, 0) is 7.14 Å².